The molecule has 1 heterocycles. The van der Waals surface area contributed by atoms with Gasteiger partial charge in [0.1, 0.15) is 0 Å². The highest BCUT2D eigenvalue weighted by Crippen LogP contribution is 2.32. The Bertz CT molecular complexity index is 821. The van der Waals surface area contributed by atoms with Crippen molar-refractivity contribution < 1.29 is 18.0 Å². The summed E-state index contributed by atoms with van der Waals surface area (Å²) in [7, 11) is 1.92. The maximum Gasteiger partial charge on any atom is 0.416 e. The largest absolute Gasteiger partial charge is 0.416 e. The average Bonchev–Trinajstić information content (AvgIpc) is 2.68. The number of likely N-dealkylation sites (tertiary alicyclic amines) is 1. The topological polar surface area (TPSA) is 44.4 Å². The second-order valence-electron chi connectivity index (χ2n) is 7.04. The summed E-state index contributed by atoms with van der Waals surface area (Å²) in [6.07, 6.45) is -2.53. The van der Waals surface area contributed by atoms with Crippen LogP contribution in [-0.4, -0.2) is 37.5 Å². The Labute approximate surface area is 174 Å². The van der Waals surface area contributed by atoms with Gasteiger partial charge < -0.3 is 15.5 Å². The molecule has 2 N–H and O–H groups in total. The van der Waals surface area contributed by atoms with Crippen molar-refractivity contribution in [3.63, 3.8) is 0 Å². The fourth-order valence-electron chi connectivity index (χ4n) is 3.51. The Morgan fingerprint density at radius 1 is 1.10 bits per heavy atom. The predicted octanol–water partition coefficient (Wildman–Crippen LogP) is 4.94. The van der Waals surface area contributed by atoms with E-state index in [1.807, 2.05) is 11.9 Å². The van der Waals surface area contributed by atoms with Gasteiger partial charge in [0.25, 0.3) is 5.91 Å². The van der Waals surface area contributed by atoms with E-state index in [1.165, 1.54) is 6.07 Å². The molecule has 1 amide bonds. The zero-order valence-electron chi connectivity index (χ0n) is 16.1. The van der Waals surface area contributed by atoms with Crippen LogP contribution in [0.2, 0.25) is 0 Å². The highest BCUT2D eigenvalue weighted by Gasteiger charge is 2.30. The van der Waals surface area contributed by atoms with E-state index in [2.05, 4.69) is 10.6 Å². The second kappa shape index (κ2) is 9.98. The van der Waals surface area contributed by atoms with E-state index in [9.17, 15) is 18.0 Å². The molecule has 2 aromatic rings. The smallest absolute Gasteiger partial charge is 0.355 e. The van der Waals surface area contributed by atoms with Gasteiger partial charge in [-0.25, -0.2) is 0 Å². The number of carbonyl (C=O) groups is 1. The summed E-state index contributed by atoms with van der Waals surface area (Å²) in [4.78, 5) is 14.8. The van der Waals surface area contributed by atoms with Gasteiger partial charge in [-0.05, 0) is 62.7 Å². The zero-order valence-corrected chi connectivity index (χ0v) is 16.9. The Morgan fingerprint density at radius 2 is 1.79 bits per heavy atom. The molecule has 2 aromatic carbocycles. The number of nitrogens with zero attached hydrogens (tertiary/aromatic N) is 1. The van der Waals surface area contributed by atoms with Crippen LogP contribution in [0.15, 0.2) is 48.5 Å². The quantitative estimate of drug-likeness (QED) is 0.710. The van der Waals surface area contributed by atoms with Crippen molar-refractivity contribution in [1.29, 1.82) is 0 Å². The molecular weight excluding hydrogens is 403 g/mol. The van der Waals surface area contributed by atoms with Crippen LogP contribution < -0.4 is 10.6 Å². The number of para-hydroxylation sites is 1. The molecule has 0 atom stereocenters. The molecule has 8 heteroatoms. The van der Waals surface area contributed by atoms with Crippen LogP contribution in [0.3, 0.4) is 0 Å². The first-order chi connectivity index (χ1) is 13.4. The lowest BCUT2D eigenvalue weighted by Crippen LogP contribution is -2.40. The molecule has 158 valence electrons. The highest BCUT2D eigenvalue weighted by molar-refractivity contribution is 6.00. The number of alkyl halides is 3. The third-order valence-electron chi connectivity index (χ3n) is 5.02. The van der Waals surface area contributed by atoms with E-state index in [1.54, 1.807) is 30.3 Å². The number of rotatable bonds is 5. The summed E-state index contributed by atoms with van der Waals surface area (Å²) in [5.41, 5.74) is 0.534. The van der Waals surface area contributed by atoms with E-state index in [-0.39, 0.29) is 18.3 Å². The van der Waals surface area contributed by atoms with Crippen LogP contribution in [0.25, 0.3) is 0 Å². The molecule has 0 spiro atoms. The Kier molecular flexibility index (Phi) is 7.93. The van der Waals surface area contributed by atoms with Crippen LogP contribution in [0.5, 0.6) is 0 Å². The number of piperidine rings is 1. The fraction of sp³-hybridized carbons (Fsp3) is 0.381. The van der Waals surface area contributed by atoms with Crippen molar-refractivity contribution >= 4 is 29.7 Å². The number of hydrogen-bond donors (Lipinski definition) is 2. The molecular formula is C21H25ClF3N3O. The van der Waals surface area contributed by atoms with Crippen LogP contribution in [0, 0.1) is 5.92 Å². The number of benzene rings is 2. The molecule has 3 rings (SSSR count). The summed E-state index contributed by atoms with van der Waals surface area (Å²) in [6, 6.07) is 11.9. The van der Waals surface area contributed by atoms with Gasteiger partial charge in [-0.15, -0.1) is 12.4 Å². The van der Waals surface area contributed by atoms with E-state index in [4.69, 9.17) is 0 Å². The average molecular weight is 428 g/mol. The van der Waals surface area contributed by atoms with Crippen molar-refractivity contribution in [2.75, 3.05) is 32.0 Å². The van der Waals surface area contributed by atoms with Crippen LogP contribution in [-0.2, 0) is 6.18 Å². The van der Waals surface area contributed by atoms with Gasteiger partial charge in [0.2, 0.25) is 0 Å². The van der Waals surface area contributed by atoms with Gasteiger partial charge in [0.05, 0.1) is 16.8 Å². The maximum absolute atomic E-state index is 13.0. The SMILES string of the molecule is CNCC1CCN(C(=O)c2ccccc2Nc2cccc(C(F)(F)F)c2)CC1.Cl. The Balaban J connectivity index is 0.00000300. The van der Waals surface area contributed by atoms with E-state index in [0.29, 0.717) is 35.9 Å². The number of hydrogen-bond acceptors (Lipinski definition) is 3. The van der Waals surface area contributed by atoms with Gasteiger partial charge in [0.15, 0.2) is 0 Å². The van der Waals surface area contributed by atoms with Crippen LogP contribution >= 0.6 is 12.4 Å². The summed E-state index contributed by atoms with van der Waals surface area (Å²) < 4.78 is 38.9. The summed E-state index contributed by atoms with van der Waals surface area (Å²) in [5, 5.41) is 6.15. The van der Waals surface area contributed by atoms with Crippen LogP contribution in [0.4, 0.5) is 24.5 Å². The normalized spacial score (nSPS) is 15.0. The zero-order chi connectivity index (χ0) is 20.1. The lowest BCUT2D eigenvalue weighted by atomic mass is 9.96. The lowest BCUT2D eigenvalue weighted by Gasteiger charge is -2.32. The van der Waals surface area contributed by atoms with Crippen molar-refractivity contribution in [2.24, 2.45) is 5.92 Å². The number of nitrogens with one attached hydrogen (secondary N) is 2. The molecule has 1 fully saturated rings. The van der Waals surface area contributed by atoms with Gasteiger partial charge in [-0.3, -0.25) is 4.79 Å². The highest BCUT2D eigenvalue weighted by atomic mass is 35.5. The van der Waals surface area contributed by atoms with E-state index >= 15 is 0 Å². The fourth-order valence-corrected chi connectivity index (χ4v) is 3.51. The molecule has 4 nitrogen and oxygen atoms in total. The minimum Gasteiger partial charge on any atom is -0.355 e. The van der Waals surface area contributed by atoms with Gasteiger partial charge in [-0.2, -0.15) is 13.2 Å². The Morgan fingerprint density at radius 3 is 2.45 bits per heavy atom. The molecule has 29 heavy (non-hydrogen) atoms. The first-order valence-electron chi connectivity index (χ1n) is 9.35. The van der Waals surface area contributed by atoms with Crippen molar-refractivity contribution in [3.8, 4) is 0 Å². The van der Waals surface area contributed by atoms with Crippen molar-refractivity contribution in [1.82, 2.24) is 10.2 Å². The molecule has 0 aliphatic carbocycles. The molecule has 0 unspecified atom stereocenters. The summed E-state index contributed by atoms with van der Waals surface area (Å²) >= 11 is 0. The van der Waals surface area contributed by atoms with E-state index < -0.39 is 11.7 Å². The first-order valence-corrected chi connectivity index (χ1v) is 9.35. The molecule has 1 aliphatic rings. The summed E-state index contributed by atoms with van der Waals surface area (Å²) in [6.45, 7) is 2.31. The predicted molar refractivity (Wildman–Crippen MR) is 111 cm³/mol. The van der Waals surface area contributed by atoms with Gasteiger partial charge >= 0.3 is 6.18 Å². The van der Waals surface area contributed by atoms with Crippen LogP contribution in [0.1, 0.15) is 28.8 Å². The lowest BCUT2D eigenvalue weighted by molar-refractivity contribution is -0.137. The maximum atomic E-state index is 13.0. The van der Waals surface area contributed by atoms with E-state index in [0.717, 1.165) is 31.5 Å². The molecule has 1 aliphatic heterocycles. The molecule has 0 aromatic heterocycles. The first kappa shape index (κ1) is 23.0. The minimum atomic E-state index is -4.41. The molecule has 1 saturated heterocycles. The second-order valence-corrected chi connectivity index (χ2v) is 7.04. The monoisotopic (exact) mass is 427 g/mol. The van der Waals surface area contributed by atoms with Crippen molar-refractivity contribution in [3.05, 3.63) is 59.7 Å². The number of anilines is 2. The summed E-state index contributed by atoms with van der Waals surface area (Å²) in [5.74, 6) is 0.463. The van der Waals surface area contributed by atoms with Gasteiger partial charge in [0, 0.05) is 18.8 Å². The number of halogens is 4. The minimum absolute atomic E-state index is 0. The third-order valence-corrected chi connectivity index (χ3v) is 5.02. The third kappa shape index (κ3) is 5.87. The van der Waals surface area contributed by atoms with Gasteiger partial charge in [-0.1, -0.05) is 18.2 Å². The number of amides is 1. The van der Waals surface area contributed by atoms with Crippen molar-refractivity contribution in [2.45, 2.75) is 19.0 Å². The molecule has 0 saturated carbocycles. The Hall–Kier alpha value is -2.25. The molecule has 0 bridgehead atoms. The standard InChI is InChI=1S/C21H24F3N3O.ClH/c1-25-14-15-9-11-27(12-10-15)20(28)18-7-2-3-8-19(18)26-17-6-4-5-16(13-17)21(22,23)24;/h2-8,13,15,25-26H,9-12,14H2,1H3;1H. The molecule has 0 radical (unpaired) electrons. The number of carbonyl (C=O) groups excluding carboxylic acids is 1.